The number of fused-ring (bicyclic) bond motifs is 1. The van der Waals surface area contributed by atoms with Crippen molar-refractivity contribution < 1.29 is 19.0 Å². The Morgan fingerprint density at radius 2 is 1.81 bits per heavy atom. The van der Waals surface area contributed by atoms with Crippen molar-refractivity contribution in [1.29, 1.82) is 0 Å². The molecule has 2 aliphatic rings. The molecule has 0 saturated carbocycles. The van der Waals surface area contributed by atoms with Crippen molar-refractivity contribution in [2.45, 2.75) is 26.1 Å². The number of pyridine rings is 1. The van der Waals surface area contributed by atoms with Crippen LogP contribution in [0.1, 0.15) is 23.5 Å². The Bertz CT molecular complexity index is 1100. The van der Waals surface area contributed by atoms with Crippen molar-refractivity contribution in [3.8, 4) is 21.9 Å². The maximum Gasteiger partial charge on any atom is 0.265 e. The first-order valence-electron chi connectivity index (χ1n) is 10.7. The molecule has 0 bridgehead atoms. The molecule has 2 unspecified atom stereocenters. The SMILES string of the molecule is CC1CN(c2ccc(NC(=O)c3ccc(-c4ccc5c(c4)OCCO5)s3)cn2)CC(C)O1. The van der Waals surface area contributed by atoms with Crippen molar-refractivity contribution in [3.63, 3.8) is 0 Å². The second-order valence-corrected chi connectivity index (χ2v) is 9.13. The molecule has 1 saturated heterocycles. The predicted octanol–water partition coefficient (Wildman–Crippen LogP) is 4.45. The average molecular weight is 452 g/mol. The fourth-order valence-corrected chi connectivity index (χ4v) is 4.91. The van der Waals surface area contributed by atoms with Crippen LogP contribution in [0.15, 0.2) is 48.7 Å². The third-order valence-electron chi connectivity index (χ3n) is 5.41. The van der Waals surface area contributed by atoms with Crippen molar-refractivity contribution in [2.75, 3.05) is 36.5 Å². The molecule has 0 aliphatic carbocycles. The van der Waals surface area contributed by atoms with Gasteiger partial charge in [0.15, 0.2) is 11.5 Å². The summed E-state index contributed by atoms with van der Waals surface area (Å²) in [5.74, 6) is 2.24. The highest BCUT2D eigenvalue weighted by atomic mass is 32.1. The molecule has 0 spiro atoms. The number of aromatic nitrogens is 1. The highest BCUT2D eigenvalue weighted by molar-refractivity contribution is 7.17. The predicted molar refractivity (Wildman–Crippen MR) is 125 cm³/mol. The van der Waals surface area contributed by atoms with Crippen LogP contribution >= 0.6 is 11.3 Å². The molecule has 1 fully saturated rings. The van der Waals surface area contributed by atoms with Crippen LogP contribution in [0.25, 0.3) is 10.4 Å². The van der Waals surface area contributed by atoms with E-state index >= 15 is 0 Å². The summed E-state index contributed by atoms with van der Waals surface area (Å²) in [6.45, 7) is 6.86. The summed E-state index contributed by atoms with van der Waals surface area (Å²) < 4.78 is 17.0. The summed E-state index contributed by atoms with van der Waals surface area (Å²) in [6, 6.07) is 13.5. The minimum absolute atomic E-state index is 0.151. The number of carbonyl (C=O) groups is 1. The van der Waals surface area contributed by atoms with Crippen molar-refractivity contribution >= 4 is 28.7 Å². The van der Waals surface area contributed by atoms with E-state index in [1.54, 1.807) is 6.20 Å². The number of nitrogens with zero attached hydrogens (tertiary/aromatic N) is 2. The number of benzene rings is 1. The van der Waals surface area contributed by atoms with Gasteiger partial charge in [-0.2, -0.15) is 0 Å². The summed E-state index contributed by atoms with van der Waals surface area (Å²) in [7, 11) is 0. The Balaban J connectivity index is 1.25. The average Bonchev–Trinajstić information content (AvgIpc) is 3.29. The van der Waals surface area contributed by atoms with Crippen LogP contribution in [-0.4, -0.2) is 49.4 Å². The number of thiophene rings is 1. The molecule has 2 aliphatic heterocycles. The maximum absolute atomic E-state index is 12.8. The quantitative estimate of drug-likeness (QED) is 0.632. The van der Waals surface area contributed by atoms with Crippen LogP contribution in [0.5, 0.6) is 11.5 Å². The highest BCUT2D eigenvalue weighted by Crippen LogP contribution is 2.37. The normalized spacial score (nSPS) is 20.1. The van der Waals surface area contributed by atoms with Crippen LogP contribution in [0, 0.1) is 0 Å². The molecule has 1 aromatic carbocycles. The fraction of sp³-hybridized carbons (Fsp3) is 0.333. The molecular weight excluding hydrogens is 426 g/mol. The summed E-state index contributed by atoms with van der Waals surface area (Å²) in [5, 5.41) is 2.94. The zero-order chi connectivity index (χ0) is 22.1. The van der Waals surface area contributed by atoms with E-state index in [-0.39, 0.29) is 18.1 Å². The molecule has 8 heteroatoms. The van der Waals surface area contributed by atoms with Gasteiger partial charge in [-0.25, -0.2) is 4.98 Å². The molecule has 5 rings (SSSR count). The van der Waals surface area contributed by atoms with Gasteiger partial charge in [0, 0.05) is 18.0 Å². The van der Waals surface area contributed by atoms with Gasteiger partial charge in [0.05, 0.1) is 29.0 Å². The Morgan fingerprint density at radius 1 is 1.03 bits per heavy atom. The molecule has 3 aromatic rings. The second kappa shape index (κ2) is 8.80. The van der Waals surface area contributed by atoms with Crippen LogP contribution in [-0.2, 0) is 4.74 Å². The maximum atomic E-state index is 12.8. The van der Waals surface area contributed by atoms with E-state index in [4.69, 9.17) is 14.2 Å². The molecule has 166 valence electrons. The summed E-state index contributed by atoms with van der Waals surface area (Å²) >= 11 is 1.44. The van der Waals surface area contributed by atoms with Crippen molar-refractivity contribution in [3.05, 3.63) is 53.5 Å². The Morgan fingerprint density at radius 3 is 2.56 bits per heavy atom. The Labute approximate surface area is 190 Å². The molecule has 1 N–H and O–H groups in total. The molecule has 0 radical (unpaired) electrons. The Kier molecular flexibility index (Phi) is 5.71. The minimum Gasteiger partial charge on any atom is -0.486 e. The van der Waals surface area contributed by atoms with Crippen molar-refractivity contribution in [1.82, 2.24) is 4.98 Å². The second-order valence-electron chi connectivity index (χ2n) is 8.04. The summed E-state index contributed by atoms with van der Waals surface area (Å²) in [6.07, 6.45) is 2.04. The van der Waals surface area contributed by atoms with E-state index in [1.165, 1.54) is 11.3 Å². The van der Waals surface area contributed by atoms with E-state index in [0.29, 0.717) is 23.8 Å². The lowest BCUT2D eigenvalue weighted by Crippen LogP contribution is -2.45. The van der Waals surface area contributed by atoms with E-state index < -0.39 is 0 Å². The molecular formula is C24H25N3O4S. The smallest absolute Gasteiger partial charge is 0.265 e. The molecule has 7 nitrogen and oxygen atoms in total. The number of nitrogens with one attached hydrogen (secondary N) is 1. The first kappa shape index (κ1) is 20.8. The monoisotopic (exact) mass is 451 g/mol. The zero-order valence-corrected chi connectivity index (χ0v) is 18.9. The van der Waals surface area contributed by atoms with E-state index in [0.717, 1.165) is 40.8 Å². The first-order chi connectivity index (χ1) is 15.5. The van der Waals surface area contributed by atoms with Gasteiger partial charge in [0.1, 0.15) is 19.0 Å². The van der Waals surface area contributed by atoms with Gasteiger partial charge in [0.2, 0.25) is 0 Å². The van der Waals surface area contributed by atoms with Crippen molar-refractivity contribution in [2.24, 2.45) is 0 Å². The van der Waals surface area contributed by atoms with Gasteiger partial charge in [-0.3, -0.25) is 4.79 Å². The summed E-state index contributed by atoms with van der Waals surface area (Å²) in [4.78, 5) is 21.2. The number of carbonyl (C=O) groups excluding carboxylic acids is 1. The highest BCUT2D eigenvalue weighted by Gasteiger charge is 2.23. The largest absolute Gasteiger partial charge is 0.486 e. The number of hydrogen-bond donors (Lipinski definition) is 1. The molecule has 1 amide bonds. The van der Waals surface area contributed by atoms with Gasteiger partial charge in [-0.1, -0.05) is 0 Å². The minimum atomic E-state index is -0.151. The van der Waals surface area contributed by atoms with E-state index in [1.807, 2.05) is 42.5 Å². The van der Waals surface area contributed by atoms with Gasteiger partial charge in [0.25, 0.3) is 5.91 Å². The lowest BCUT2D eigenvalue weighted by atomic mass is 10.1. The molecule has 4 heterocycles. The van der Waals surface area contributed by atoms with Crippen LogP contribution in [0.4, 0.5) is 11.5 Å². The van der Waals surface area contributed by atoms with Gasteiger partial charge in [-0.15, -0.1) is 11.3 Å². The number of hydrogen-bond acceptors (Lipinski definition) is 7. The van der Waals surface area contributed by atoms with Crippen LogP contribution in [0.3, 0.4) is 0 Å². The van der Waals surface area contributed by atoms with Crippen LogP contribution < -0.4 is 19.7 Å². The number of anilines is 2. The zero-order valence-electron chi connectivity index (χ0n) is 18.0. The van der Waals surface area contributed by atoms with Gasteiger partial charge < -0.3 is 24.4 Å². The third kappa shape index (κ3) is 4.42. The first-order valence-corrected chi connectivity index (χ1v) is 11.5. The number of ether oxygens (including phenoxy) is 3. The van der Waals surface area contributed by atoms with Crippen LogP contribution in [0.2, 0.25) is 0 Å². The number of rotatable bonds is 4. The fourth-order valence-electron chi connectivity index (χ4n) is 4.02. The molecule has 32 heavy (non-hydrogen) atoms. The topological polar surface area (TPSA) is 72.9 Å². The number of morpholine rings is 1. The van der Waals surface area contributed by atoms with E-state index in [9.17, 15) is 4.79 Å². The summed E-state index contributed by atoms with van der Waals surface area (Å²) in [5.41, 5.74) is 1.67. The molecule has 2 atom stereocenters. The number of amides is 1. The third-order valence-corrected chi connectivity index (χ3v) is 6.54. The lowest BCUT2D eigenvalue weighted by Gasteiger charge is -2.36. The Hall–Kier alpha value is -3.10. The van der Waals surface area contributed by atoms with E-state index in [2.05, 4.69) is 29.0 Å². The lowest BCUT2D eigenvalue weighted by molar-refractivity contribution is -0.00545. The standard InChI is InChI=1S/C24H25N3O4S/c1-15-13-27(14-16(2)31-15)23-8-4-18(12-25-23)26-24(28)22-7-6-21(32-22)17-3-5-19-20(11-17)30-10-9-29-19/h3-8,11-12,15-16H,9-10,13-14H2,1-2H3,(H,26,28). The van der Waals surface area contributed by atoms with Gasteiger partial charge in [-0.05, 0) is 61.9 Å². The molecule has 2 aromatic heterocycles. The van der Waals surface area contributed by atoms with Gasteiger partial charge >= 0.3 is 0 Å².